The first-order valence-corrected chi connectivity index (χ1v) is 7.82. The summed E-state index contributed by atoms with van der Waals surface area (Å²) in [6.07, 6.45) is 5.10. The van der Waals surface area contributed by atoms with E-state index in [-0.39, 0.29) is 17.9 Å². The van der Waals surface area contributed by atoms with E-state index in [2.05, 4.69) is 4.99 Å². The number of aliphatic imine (C=N–C) groups is 1. The smallest absolute Gasteiger partial charge is 0.332 e. The molecule has 0 spiro atoms. The third kappa shape index (κ3) is 4.91. The van der Waals surface area contributed by atoms with Crippen molar-refractivity contribution in [2.24, 2.45) is 25.0 Å². The van der Waals surface area contributed by atoms with Crippen molar-refractivity contribution in [3.63, 3.8) is 0 Å². The Hall–Kier alpha value is -2.18. The Balaban J connectivity index is 2.89. The highest BCUT2D eigenvalue weighted by Gasteiger charge is 2.11. The first-order valence-electron chi connectivity index (χ1n) is 7.82. The molecule has 0 aliphatic carbocycles. The minimum absolute atomic E-state index is 0.177. The predicted octanol–water partition coefficient (Wildman–Crippen LogP) is 1.77. The fourth-order valence-corrected chi connectivity index (χ4v) is 2.43. The van der Waals surface area contributed by atoms with Gasteiger partial charge in [-0.05, 0) is 32.1 Å². The van der Waals surface area contributed by atoms with Crippen molar-refractivity contribution >= 4 is 18.0 Å². The van der Waals surface area contributed by atoms with Crippen LogP contribution in [0.25, 0.3) is 0 Å². The van der Waals surface area contributed by atoms with E-state index >= 15 is 0 Å². The van der Waals surface area contributed by atoms with Crippen molar-refractivity contribution in [3.8, 4) is 0 Å². The highest BCUT2D eigenvalue weighted by Crippen LogP contribution is 2.15. The van der Waals surface area contributed by atoms with Crippen LogP contribution in [0.4, 0.5) is 5.82 Å². The zero-order valence-corrected chi connectivity index (χ0v) is 14.2. The largest absolute Gasteiger partial charge is 0.481 e. The van der Waals surface area contributed by atoms with Gasteiger partial charge in [0.25, 0.3) is 5.56 Å². The molecule has 1 N–H and O–H groups in total. The SMILES string of the molecule is CCC(/C=N\c1c(C)c(=O)n(C)c(=O)n1C)CCCCC(=O)O. The Morgan fingerprint density at radius 3 is 2.48 bits per heavy atom. The lowest BCUT2D eigenvalue weighted by Crippen LogP contribution is -2.38. The topological polar surface area (TPSA) is 93.7 Å². The summed E-state index contributed by atoms with van der Waals surface area (Å²) < 4.78 is 2.43. The summed E-state index contributed by atoms with van der Waals surface area (Å²) in [5.41, 5.74) is -0.302. The fraction of sp³-hybridized carbons (Fsp3) is 0.625. The van der Waals surface area contributed by atoms with E-state index in [9.17, 15) is 14.4 Å². The van der Waals surface area contributed by atoms with Gasteiger partial charge in [0.15, 0.2) is 0 Å². The van der Waals surface area contributed by atoms with Crippen LogP contribution in [0.15, 0.2) is 14.6 Å². The quantitative estimate of drug-likeness (QED) is 0.583. The van der Waals surface area contributed by atoms with Crippen LogP contribution in [-0.4, -0.2) is 26.4 Å². The molecule has 0 bridgehead atoms. The van der Waals surface area contributed by atoms with Crippen molar-refractivity contribution < 1.29 is 9.90 Å². The van der Waals surface area contributed by atoms with E-state index in [0.717, 1.165) is 23.8 Å². The van der Waals surface area contributed by atoms with Gasteiger partial charge in [0, 0.05) is 26.7 Å². The van der Waals surface area contributed by atoms with Gasteiger partial charge < -0.3 is 5.11 Å². The lowest BCUT2D eigenvalue weighted by molar-refractivity contribution is -0.137. The molecule has 128 valence electrons. The second-order valence-corrected chi connectivity index (χ2v) is 5.74. The third-order valence-corrected chi connectivity index (χ3v) is 4.00. The molecule has 0 fully saturated rings. The van der Waals surface area contributed by atoms with E-state index in [1.807, 2.05) is 6.92 Å². The van der Waals surface area contributed by atoms with Crippen LogP contribution >= 0.6 is 0 Å². The summed E-state index contributed by atoms with van der Waals surface area (Å²) in [6, 6.07) is 0. The minimum atomic E-state index is -0.780. The number of aromatic nitrogens is 2. The highest BCUT2D eigenvalue weighted by atomic mass is 16.4. The molecule has 1 unspecified atom stereocenters. The summed E-state index contributed by atoms with van der Waals surface area (Å²) in [7, 11) is 3.04. The van der Waals surface area contributed by atoms with Crippen LogP contribution in [0, 0.1) is 12.8 Å². The number of carboxylic acids is 1. The Kier molecular flexibility index (Phi) is 6.93. The van der Waals surface area contributed by atoms with E-state index in [1.165, 1.54) is 11.6 Å². The maximum absolute atomic E-state index is 12.0. The number of nitrogens with zero attached hydrogens (tertiary/aromatic N) is 3. The average molecular weight is 323 g/mol. The summed E-state index contributed by atoms with van der Waals surface area (Å²) in [4.78, 5) is 38.8. The summed E-state index contributed by atoms with van der Waals surface area (Å²) in [5.74, 6) is -0.207. The van der Waals surface area contributed by atoms with Crippen molar-refractivity contribution in [2.45, 2.75) is 46.0 Å². The monoisotopic (exact) mass is 323 g/mol. The molecule has 0 radical (unpaired) electrons. The van der Waals surface area contributed by atoms with Crippen LogP contribution in [0.2, 0.25) is 0 Å². The van der Waals surface area contributed by atoms with Gasteiger partial charge in [-0.1, -0.05) is 13.3 Å². The predicted molar refractivity (Wildman–Crippen MR) is 89.7 cm³/mol. The van der Waals surface area contributed by atoms with Crippen molar-refractivity contribution in [2.75, 3.05) is 0 Å². The molecular formula is C16H25N3O4. The fourth-order valence-electron chi connectivity index (χ4n) is 2.43. The molecule has 0 aliphatic rings. The van der Waals surface area contributed by atoms with E-state index < -0.39 is 11.7 Å². The maximum Gasteiger partial charge on any atom is 0.332 e. The molecule has 0 amide bonds. The standard InChI is InChI=1S/C16H25N3O4/c1-5-12(8-6-7-9-13(20)21)10-17-14-11(2)15(22)19(4)16(23)18(14)3/h10,12H,5-9H2,1-4H3,(H,20,21)/b17-10-. The number of rotatable bonds is 8. The summed E-state index contributed by atoms with van der Waals surface area (Å²) in [5, 5.41) is 8.63. The molecule has 0 saturated heterocycles. The van der Waals surface area contributed by atoms with Crippen LogP contribution in [-0.2, 0) is 18.9 Å². The molecule has 0 aromatic carbocycles. The van der Waals surface area contributed by atoms with Gasteiger partial charge in [0.1, 0.15) is 5.82 Å². The second kappa shape index (κ2) is 8.45. The van der Waals surface area contributed by atoms with Gasteiger partial charge in [-0.15, -0.1) is 0 Å². The summed E-state index contributed by atoms with van der Waals surface area (Å²) >= 11 is 0. The van der Waals surface area contributed by atoms with Gasteiger partial charge in [-0.3, -0.25) is 18.7 Å². The molecular weight excluding hydrogens is 298 g/mol. The van der Waals surface area contributed by atoms with Gasteiger partial charge in [0.2, 0.25) is 0 Å². The number of carbonyl (C=O) groups is 1. The zero-order chi connectivity index (χ0) is 17.6. The molecule has 7 nitrogen and oxygen atoms in total. The number of hydrogen-bond donors (Lipinski definition) is 1. The Labute approximate surface area is 135 Å². The minimum Gasteiger partial charge on any atom is -0.481 e. The Morgan fingerprint density at radius 1 is 1.26 bits per heavy atom. The first kappa shape index (κ1) is 18.9. The van der Waals surface area contributed by atoms with E-state index in [1.54, 1.807) is 20.2 Å². The zero-order valence-electron chi connectivity index (χ0n) is 14.2. The number of hydrogen-bond acceptors (Lipinski definition) is 4. The van der Waals surface area contributed by atoms with E-state index in [4.69, 9.17) is 5.11 Å². The molecule has 0 saturated carbocycles. The van der Waals surface area contributed by atoms with Crippen LogP contribution in [0.5, 0.6) is 0 Å². The van der Waals surface area contributed by atoms with E-state index in [0.29, 0.717) is 17.8 Å². The van der Waals surface area contributed by atoms with Crippen LogP contribution < -0.4 is 11.2 Å². The molecule has 1 atom stereocenters. The first-order chi connectivity index (χ1) is 10.8. The van der Waals surface area contributed by atoms with Crippen LogP contribution in [0.1, 0.15) is 44.6 Å². The molecule has 0 aliphatic heterocycles. The highest BCUT2D eigenvalue weighted by molar-refractivity contribution is 5.66. The molecule has 1 rings (SSSR count). The van der Waals surface area contributed by atoms with Crippen molar-refractivity contribution in [3.05, 3.63) is 26.4 Å². The lowest BCUT2D eigenvalue weighted by atomic mass is 10.00. The lowest BCUT2D eigenvalue weighted by Gasteiger charge is -2.11. The number of unbranched alkanes of at least 4 members (excludes halogenated alkanes) is 1. The summed E-state index contributed by atoms with van der Waals surface area (Å²) in [6.45, 7) is 3.69. The van der Waals surface area contributed by atoms with Crippen molar-refractivity contribution in [1.29, 1.82) is 0 Å². The third-order valence-electron chi connectivity index (χ3n) is 4.00. The van der Waals surface area contributed by atoms with Gasteiger partial charge >= 0.3 is 11.7 Å². The Bertz CT molecular complexity index is 663. The molecule has 1 heterocycles. The second-order valence-electron chi connectivity index (χ2n) is 5.74. The number of carboxylic acid groups (broad SMARTS) is 1. The molecule has 7 heteroatoms. The Morgan fingerprint density at radius 2 is 1.91 bits per heavy atom. The maximum atomic E-state index is 12.0. The normalized spacial score (nSPS) is 12.7. The van der Waals surface area contributed by atoms with Gasteiger partial charge in [0.05, 0.1) is 5.56 Å². The average Bonchev–Trinajstić information content (AvgIpc) is 2.52. The van der Waals surface area contributed by atoms with Crippen LogP contribution in [0.3, 0.4) is 0 Å². The van der Waals surface area contributed by atoms with Gasteiger partial charge in [-0.25, -0.2) is 9.79 Å². The van der Waals surface area contributed by atoms with Gasteiger partial charge in [-0.2, -0.15) is 0 Å². The molecule has 23 heavy (non-hydrogen) atoms. The number of aliphatic carboxylic acids is 1. The van der Waals surface area contributed by atoms with Crippen molar-refractivity contribution in [1.82, 2.24) is 9.13 Å². The molecule has 1 aromatic rings. The molecule has 1 aromatic heterocycles.